The summed E-state index contributed by atoms with van der Waals surface area (Å²) >= 11 is 5.90. The molecule has 1 aliphatic heterocycles. The third-order valence-electron chi connectivity index (χ3n) is 3.73. The predicted octanol–water partition coefficient (Wildman–Crippen LogP) is 4.55. The van der Waals surface area contributed by atoms with Crippen LogP contribution in [0.1, 0.15) is 18.4 Å². The Labute approximate surface area is 125 Å². The third kappa shape index (κ3) is 3.26. The van der Waals surface area contributed by atoms with E-state index in [2.05, 4.69) is 46.6 Å². The van der Waals surface area contributed by atoms with E-state index in [1.54, 1.807) is 0 Å². The monoisotopic (exact) mass is 286 g/mol. The maximum absolute atomic E-state index is 5.90. The second kappa shape index (κ2) is 6.19. The van der Waals surface area contributed by atoms with Gasteiger partial charge in [-0.1, -0.05) is 29.8 Å². The van der Waals surface area contributed by atoms with Gasteiger partial charge in [-0.15, -0.1) is 0 Å². The average Bonchev–Trinajstić information content (AvgIpc) is 3.01. The van der Waals surface area contributed by atoms with E-state index in [-0.39, 0.29) is 0 Å². The zero-order valence-corrected chi connectivity index (χ0v) is 12.2. The molecule has 0 unspecified atom stereocenters. The Hall–Kier alpha value is -1.67. The molecule has 0 radical (unpaired) electrons. The van der Waals surface area contributed by atoms with Crippen LogP contribution in [-0.4, -0.2) is 13.1 Å². The van der Waals surface area contributed by atoms with Crippen molar-refractivity contribution >= 4 is 23.0 Å². The van der Waals surface area contributed by atoms with Gasteiger partial charge in [-0.3, -0.25) is 0 Å². The second-order valence-electron chi connectivity index (χ2n) is 5.22. The van der Waals surface area contributed by atoms with Crippen LogP contribution in [0.2, 0.25) is 5.02 Å². The molecular formula is C17H19ClN2. The van der Waals surface area contributed by atoms with Gasteiger partial charge in [0.1, 0.15) is 0 Å². The molecule has 1 aliphatic rings. The van der Waals surface area contributed by atoms with Crippen LogP contribution in [0.25, 0.3) is 0 Å². The lowest BCUT2D eigenvalue weighted by Gasteiger charge is -2.18. The summed E-state index contributed by atoms with van der Waals surface area (Å²) in [6.07, 6.45) is 2.62. The van der Waals surface area contributed by atoms with E-state index < -0.39 is 0 Å². The molecule has 0 atom stereocenters. The highest BCUT2D eigenvalue weighted by molar-refractivity contribution is 6.30. The summed E-state index contributed by atoms with van der Waals surface area (Å²) in [5, 5.41) is 4.26. The van der Waals surface area contributed by atoms with E-state index in [9.17, 15) is 0 Å². The van der Waals surface area contributed by atoms with E-state index in [1.807, 2.05) is 12.1 Å². The molecule has 0 aliphatic carbocycles. The van der Waals surface area contributed by atoms with Crippen LogP contribution in [0, 0.1) is 0 Å². The Kier molecular flexibility index (Phi) is 4.12. The van der Waals surface area contributed by atoms with E-state index in [0.717, 1.165) is 11.6 Å². The molecule has 1 fully saturated rings. The van der Waals surface area contributed by atoms with Crippen molar-refractivity contribution in [1.29, 1.82) is 0 Å². The number of halogens is 1. The van der Waals surface area contributed by atoms with Crippen molar-refractivity contribution in [1.82, 2.24) is 0 Å². The summed E-state index contributed by atoms with van der Waals surface area (Å²) in [4.78, 5) is 2.45. The molecule has 20 heavy (non-hydrogen) atoms. The van der Waals surface area contributed by atoms with Gasteiger partial charge in [-0.2, -0.15) is 0 Å². The molecule has 2 aromatic rings. The molecule has 104 valence electrons. The fourth-order valence-electron chi connectivity index (χ4n) is 2.59. The Morgan fingerprint density at radius 1 is 1.00 bits per heavy atom. The minimum atomic E-state index is 0.782. The van der Waals surface area contributed by atoms with Gasteiger partial charge in [0.2, 0.25) is 0 Å². The molecule has 0 bridgehead atoms. The maximum Gasteiger partial charge on any atom is 0.0406 e. The summed E-state index contributed by atoms with van der Waals surface area (Å²) in [7, 11) is 0. The Morgan fingerprint density at radius 3 is 2.50 bits per heavy atom. The van der Waals surface area contributed by atoms with Crippen LogP contribution in [-0.2, 0) is 6.54 Å². The van der Waals surface area contributed by atoms with E-state index in [0.29, 0.717) is 0 Å². The summed E-state index contributed by atoms with van der Waals surface area (Å²) in [6, 6.07) is 16.6. The molecule has 3 rings (SSSR count). The number of benzene rings is 2. The van der Waals surface area contributed by atoms with Crippen molar-refractivity contribution in [3.8, 4) is 0 Å². The molecule has 2 aromatic carbocycles. The highest BCUT2D eigenvalue weighted by Gasteiger charge is 2.12. The van der Waals surface area contributed by atoms with Crippen LogP contribution in [0.15, 0.2) is 48.5 Å². The van der Waals surface area contributed by atoms with Crippen LogP contribution in [0.4, 0.5) is 11.4 Å². The van der Waals surface area contributed by atoms with Gasteiger partial charge in [0.05, 0.1) is 0 Å². The van der Waals surface area contributed by atoms with Gasteiger partial charge in [0, 0.05) is 36.0 Å². The molecule has 1 N–H and O–H groups in total. The lowest BCUT2D eigenvalue weighted by atomic mass is 10.2. The van der Waals surface area contributed by atoms with Gasteiger partial charge < -0.3 is 10.2 Å². The van der Waals surface area contributed by atoms with Crippen molar-refractivity contribution in [2.45, 2.75) is 19.4 Å². The van der Waals surface area contributed by atoms with E-state index in [1.165, 1.54) is 42.9 Å². The normalized spacial score (nSPS) is 14.6. The van der Waals surface area contributed by atoms with E-state index >= 15 is 0 Å². The predicted molar refractivity (Wildman–Crippen MR) is 86.7 cm³/mol. The van der Waals surface area contributed by atoms with Gasteiger partial charge in [-0.25, -0.2) is 0 Å². The fourth-order valence-corrected chi connectivity index (χ4v) is 2.72. The quantitative estimate of drug-likeness (QED) is 0.887. The standard InChI is InChI=1S/C17H19ClN2/c18-15-8-6-14(7-9-15)13-19-16-4-3-5-17(12-16)20-10-1-2-11-20/h3-9,12,19H,1-2,10-11,13H2. The number of anilines is 2. The first-order valence-electron chi connectivity index (χ1n) is 7.14. The molecule has 3 heteroatoms. The SMILES string of the molecule is Clc1ccc(CNc2cccc(N3CCCC3)c2)cc1. The first kappa shape index (κ1) is 13.3. The molecule has 0 spiro atoms. The van der Waals surface area contributed by atoms with Gasteiger partial charge >= 0.3 is 0 Å². The zero-order valence-electron chi connectivity index (χ0n) is 11.5. The molecular weight excluding hydrogens is 268 g/mol. The Morgan fingerprint density at radius 2 is 1.75 bits per heavy atom. The van der Waals surface area contributed by atoms with Gasteiger partial charge in [0.15, 0.2) is 0 Å². The van der Waals surface area contributed by atoms with Crippen molar-refractivity contribution in [2.75, 3.05) is 23.3 Å². The van der Waals surface area contributed by atoms with Crippen LogP contribution in [0.5, 0.6) is 0 Å². The lowest BCUT2D eigenvalue weighted by Crippen LogP contribution is -2.17. The smallest absolute Gasteiger partial charge is 0.0406 e. The fraction of sp³-hybridized carbons (Fsp3) is 0.294. The molecule has 1 saturated heterocycles. The maximum atomic E-state index is 5.90. The number of hydrogen-bond acceptors (Lipinski definition) is 2. The largest absolute Gasteiger partial charge is 0.381 e. The number of nitrogens with zero attached hydrogens (tertiary/aromatic N) is 1. The molecule has 0 saturated carbocycles. The number of rotatable bonds is 4. The van der Waals surface area contributed by atoms with Crippen molar-refractivity contribution in [3.63, 3.8) is 0 Å². The topological polar surface area (TPSA) is 15.3 Å². The highest BCUT2D eigenvalue weighted by Crippen LogP contribution is 2.23. The molecule has 2 nitrogen and oxygen atoms in total. The summed E-state index contributed by atoms with van der Waals surface area (Å²) in [6.45, 7) is 3.18. The van der Waals surface area contributed by atoms with Crippen molar-refractivity contribution in [3.05, 3.63) is 59.1 Å². The summed E-state index contributed by atoms with van der Waals surface area (Å²) in [5.41, 5.74) is 3.73. The van der Waals surface area contributed by atoms with Gasteiger partial charge in [0.25, 0.3) is 0 Å². The Bertz CT molecular complexity index is 559. The number of nitrogens with one attached hydrogen (secondary N) is 1. The van der Waals surface area contributed by atoms with Gasteiger partial charge in [-0.05, 0) is 48.7 Å². The Balaban J connectivity index is 1.65. The summed E-state index contributed by atoms with van der Waals surface area (Å²) < 4.78 is 0. The summed E-state index contributed by atoms with van der Waals surface area (Å²) in [5.74, 6) is 0. The van der Waals surface area contributed by atoms with Crippen molar-refractivity contribution < 1.29 is 0 Å². The lowest BCUT2D eigenvalue weighted by molar-refractivity contribution is 0.949. The highest BCUT2D eigenvalue weighted by atomic mass is 35.5. The second-order valence-corrected chi connectivity index (χ2v) is 5.66. The number of hydrogen-bond donors (Lipinski definition) is 1. The third-order valence-corrected chi connectivity index (χ3v) is 3.98. The van der Waals surface area contributed by atoms with Crippen LogP contribution < -0.4 is 10.2 Å². The minimum Gasteiger partial charge on any atom is -0.381 e. The first-order chi connectivity index (χ1) is 9.81. The molecule has 0 aromatic heterocycles. The zero-order chi connectivity index (χ0) is 13.8. The van der Waals surface area contributed by atoms with Crippen LogP contribution in [0.3, 0.4) is 0 Å². The first-order valence-corrected chi connectivity index (χ1v) is 7.52. The van der Waals surface area contributed by atoms with Crippen LogP contribution >= 0.6 is 11.6 Å². The molecule has 1 heterocycles. The van der Waals surface area contributed by atoms with Crippen molar-refractivity contribution in [2.24, 2.45) is 0 Å². The minimum absolute atomic E-state index is 0.782. The molecule has 0 amide bonds. The average molecular weight is 287 g/mol. The van der Waals surface area contributed by atoms with E-state index in [4.69, 9.17) is 11.6 Å².